The number of carbonyl (C=O) groups excluding carboxylic acids is 2. The van der Waals surface area contributed by atoms with Gasteiger partial charge in [0.1, 0.15) is 5.75 Å². The minimum atomic E-state index is -0.0318. The predicted octanol–water partition coefficient (Wildman–Crippen LogP) is 3.72. The molecule has 27 heavy (non-hydrogen) atoms. The van der Waals surface area contributed by atoms with Gasteiger partial charge in [0.15, 0.2) is 0 Å². The van der Waals surface area contributed by atoms with Crippen molar-refractivity contribution in [3.8, 4) is 5.75 Å². The van der Waals surface area contributed by atoms with E-state index in [2.05, 4.69) is 5.32 Å². The third-order valence-electron chi connectivity index (χ3n) is 4.81. The molecule has 1 heterocycles. The SMILES string of the molecule is O=C(Nc1ccccc1)C1CCN(C(=O)CCCOc2ccccc2)CC1. The zero-order chi connectivity index (χ0) is 18.9. The minimum absolute atomic E-state index is 0.0318. The highest BCUT2D eigenvalue weighted by Crippen LogP contribution is 2.20. The number of amides is 2. The molecule has 2 amide bonds. The third kappa shape index (κ3) is 5.84. The summed E-state index contributed by atoms with van der Waals surface area (Å²) in [4.78, 5) is 26.6. The van der Waals surface area contributed by atoms with Gasteiger partial charge in [0.2, 0.25) is 11.8 Å². The Morgan fingerprint density at radius 2 is 1.59 bits per heavy atom. The lowest BCUT2D eigenvalue weighted by Crippen LogP contribution is -2.41. The van der Waals surface area contributed by atoms with Gasteiger partial charge in [0.05, 0.1) is 6.61 Å². The molecule has 5 nitrogen and oxygen atoms in total. The highest BCUT2D eigenvalue weighted by atomic mass is 16.5. The Morgan fingerprint density at radius 1 is 0.963 bits per heavy atom. The zero-order valence-electron chi connectivity index (χ0n) is 15.5. The average Bonchev–Trinajstić information content (AvgIpc) is 2.72. The molecule has 1 aliphatic heterocycles. The standard InChI is InChI=1S/C22H26N2O3/c25-21(12-7-17-27-20-10-5-2-6-11-20)24-15-13-18(14-16-24)22(26)23-19-8-3-1-4-9-19/h1-6,8-11,18H,7,12-17H2,(H,23,26). The van der Waals surface area contributed by atoms with E-state index in [9.17, 15) is 9.59 Å². The quantitative estimate of drug-likeness (QED) is 0.760. The summed E-state index contributed by atoms with van der Waals surface area (Å²) < 4.78 is 5.63. The molecule has 3 rings (SSSR count). The van der Waals surface area contributed by atoms with E-state index >= 15 is 0 Å². The summed E-state index contributed by atoms with van der Waals surface area (Å²) in [5.74, 6) is 0.990. The number of piperidine rings is 1. The summed E-state index contributed by atoms with van der Waals surface area (Å²) in [6, 6.07) is 19.1. The Kier molecular flexibility index (Phi) is 6.85. The summed E-state index contributed by atoms with van der Waals surface area (Å²) >= 11 is 0. The molecule has 5 heteroatoms. The number of para-hydroxylation sites is 2. The van der Waals surface area contributed by atoms with E-state index in [1.54, 1.807) is 0 Å². The van der Waals surface area contributed by atoms with Crippen LogP contribution in [0.25, 0.3) is 0 Å². The number of carbonyl (C=O) groups is 2. The molecule has 1 fully saturated rings. The van der Waals surface area contributed by atoms with E-state index in [0.29, 0.717) is 45.4 Å². The first-order valence-electron chi connectivity index (χ1n) is 9.54. The molecule has 1 N–H and O–H groups in total. The van der Waals surface area contributed by atoms with Crippen molar-refractivity contribution in [3.63, 3.8) is 0 Å². The van der Waals surface area contributed by atoms with Crippen molar-refractivity contribution in [2.75, 3.05) is 25.0 Å². The molecule has 0 bridgehead atoms. The molecule has 1 saturated heterocycles. The smallest absolute Gasteiger partial charge is 0.227 e. The number of nitrogens with zero attached hydrogens (tertiary/aromatic N) is 1. The normalized spacial score (nSPS) is 14.6. The average molecular weight is 366 g/mol. The number of ether oxygens (including phenoxy) is 1. The number of likely N-dealkylation sites (tertiary alicyclic amines) is 1. The fraction of sp³-hybridized carbons (Fsp3) is 0.364. The van der Waals surface area contributed by atoms with Gasteiger partial charge in [-0.15, -0.1) is 0 Å². The Balaban J connectivity index is 1.34. The molecule has 142 valence electrons. The minimum Gasteiger partial charge on any atom is -0.494 e. The second-order valence-electron chi connectivity index (χ2n) is 6.78. The first-order valence-corrected chi connectivity index (χ1v) is 9.54. The molecule has 0 aromatic heterocycles. The van der Waals surface area contributed by atoms with Crippen LogP contribution in [-0.4, -0.2) is 36.4 Å². The van der Waals surface area contributed by atoms with Gasteiger partial charge in [-0.3, -0.25) is 9.59 Å². The molecule has 0 spiro atoms. The number of benzene rings is 2. The van der Waals surface area contributed by atoms with Crippen LogP contribution >= 0.6 is 0 Å². The van der Waals surface area contributed by atoms with Crippen LogP contribution in [0.5, 0.6) is 5.75 Å². The summed E-state index contributed by atoms with van der Waals surface area (Å²) in [5, 5.41) is 2.95. The Labute approximate surface area is 160 Å². The topological polar surface area (TPSA) is 58.6 Å². The van der Waals surface area contributed by atoms with Gasteiger partial charge in [-0.2, -0.15) is 0 Å². The number of hydrogen-bond acceptors (Lipinski definition) is 3. The van der Waals surface area contributed by atoms with Crippen molar-refractivity contribution >= 4 is 17.5 Å². The van der Waals surface area contributed by atoms with E-state index in [1.165, 1.54) is 0 Å². The van der Waals surface area contributed by atoms with Crippen LogP contribution in [0.3, 0.4) is 0 Å². The molecule has 0 atom stereocenters. The van der Waals surface area contributed by atoms with E-state index in [1.807, 2.05) is 65.6 Å². The van der Waals surface area contributed by atoms with E-state index in [0.717, 1.165) is 11.4 Å². The van der Waals surface area contributed by atoms with Gasteiger partial charge < -0.3 is 15.0 Å². The summed E-state index contributed by atoms with van der Waals surface area (Å²) in [7, 11) is 0. The Bertz CT molecular complexity index is 726. The third-order valence-corrected chi connectivity index (χ3v) is 4.81. The number of nitrogens with one attached hydrogen (secondary N) is 1. The first-order chi connectivity index (χ1) is 13.2. The molecule has 2 aromatic carbocycles. The maximum atomic E-state index is 12.4. The summed E-state index contributed by atoms with van der Waals surface area (Å²) in [5.41, 5.74) is 0.819. The lowest BCUT2D eigenvalue weighted by molar-refractivity contribution is -0.134. The molecule has 0 aliphatic carbocycles. The van der Waals surface area contributed by atoms with Crippen LogP contribution in [-0.2, 0) is 9.59 Å². The Morgan fingerprint density at radius 3 is 2.26 bits per heavy atom. The lowest BCUT2D eigenvalue weighted by atomic mass is 9.95. The van der Waals surface area contributed by atoms with Crippen LogP contribution in [0.15, 0.2) is 60.7 Å². The monoisotopic (exact) mass is 366 g/mol. The second kappa shape index (κ2) is 9.76. The fourth-order valence-corrected chi connectivity index (χ4v) is 3.25. The second-order valence-corrected chi connectivity index (χ2v) is 6.78. The van der Waals surface area contributed by atoms with Gasteiger partial charge in [-0.1, -0.05) is 36.4 Å². The molecule has 2 aromatic rings. The largest absolute Gasteiger partial charge is 0.494 e. The van der Waals surface area contributed by atoms with Gasteiger partial charge in [0, 0.05) is 31.1 Å². The van der Waals surface area contributed by atoms with Crippen molar-refractivity contribution in [2.24, 2.45) is 5.92 Å². The highest BCUT2D eigenvalue weighted by molar-refractivity contribution is 5.92. The molecule has 0 radical (unpaired) electrons. The van der Waals surface area contributed by atoms with Crippen LogP contribution < -0.4 is 10.1 Å². The molecular formula is C22H26N2O3. The summed E-state index contributed by atoms with van der Waals surface area (Å²) in [6.45, 7) is 1.82. The number of rotatable bonds is 7. The van der Waals surface area contributed by atoms with Crippen molar-refractivity contribution < 1.29 is 14.3 Å². The summed E-state index contributed by atoms with van der Waals surface area (Å²) in [6.07, 6.45) is 2.60. The Hall–Kier alpha value is -2.82. The van der Waals surface area contributed by atoms with Crippen LogP contribution in [0.1, 0.15) is 25.7 Å². The highest BCUT2D eigenvalue weighted by Gasteiger charge is 2.27. The predicted molar refractivity (Wildman–Crippen MR) is 106 cm³/mol. The van der Waals surface area contributed by atoms with Crippen molar-refractivity contribution in [1.82, 2.24) is 4.90 Å². The van der Waals surface area contributed by atoms with E-state index in [4.69, 9.17) is 4.74 Å². The maximum Gasteiger partial charge on any atom is 0.227 e. The van der Waals surface area contributed by atoms with Crippen LogP contribution in [0.4, 0.5) is 5.69 Å². The molecular weight excluding hydrogens is 340 g/mol. The van der Waals surface area contributed by atoms with E-state index in [-0.39, 0.29) is 17.7 Å². The van der Waals surface area contributed by atoms with Crippen LogP contribution in [0.2, 0.25) is 0 Å². The fourth-order valence-electron chi connectivity index (χ4n) is 3.25. The zero-order valence-corrected chi connectivity index (χ0v) is 15.5. The first kappa shape index (κ1) is 19.0. The lowest BCUT2D eigenvalue weighted by Gasteiger charge is -2.31. The van der Waals surface area contributed by atoms with Crippen molar-refractivity contribution in [1.29, 1.82) is 0 Å². The maximum absolute atomic E-state index is 12.4. The van der Waals surface area contributed by atoms with Crippen molar-refractivity contribution in [3.05, 3.63) is 60.7 Å². The molecule has 0 unspecified atom stereocenters. The van der Waals surface area contributed by atoms with Gasteiger partial charge in [0.25, 0.3) is 0 Å². The van der Waals surface area contributed by atoms with Gasteiger partial charge in [-0.05, 0) is 43.5 Å². The molecule has 0 saturated carbocycles. The van der Waals surface area contributed by atoms with Crippen LogP contribution in [0, 0.1) is 5.92 Å². The molecule has 1 aliphatic rings. The number of hydrogen-bond donors (Lipinski definition) is 1. The van der Waals surface area contributed by atoms with Crippen molar-refractivity contribution in [2.45, 2.75) is 25.7 Å². The van der Waals surface area contributed by atoms with Gasteiger partial charge in [-0.25, -0.2) is 0 Å². The van der Waals surface area contributed by atoms with E-state index < -0.39 is 0 Å². The van der Waals surface area contributed by atoms with Gasteiger partial charge >= 0.3 is 0 Å². The number of anilines is 1.